The zero-order chi connectivity index (χ0) is 76.9. The Morgan fingerprint density at radius 2 is 1.12 bits per heavy atom. The van der Waals surface area contributed by atoms with Gasteiger partial charge in [0.2, 0.25) is 5.91 Å². The number of aromatic nitrogens is 19. The lowest BCUT2D eigenvalue weighted by molar-refractivity contribution is -0.126. The Kier molecular flexibility index (Phi) is 46.7. The Bertz CT molecular complexity index is 3170. The number of imidazole rings is 1. The quantitative estimate of drug-likeness (QED) is 0.232. The van der Waals surface area contributed by atoms with Gasteiger partial charge in [-0.3, -0.25) is 19.0 Å². The van der Waals surface area contributed by atoms with Gasteiger partial charge in [-0.05, 0) is 70.7 Å². The van der Waals surface area contributed by atoms with Crippen LogP contribution in [0, 0.1) is 0 Å². The molecule has 7 aliphatic heterocycles. The van der Waals surface area contributed by atoms with E-state index in [-0.39, 0.29) is 23.4 Å². The van der Waals surface area contributed by atoms with Gasteiger partial charge in [0, 0.05) is 186 Å². The highest BCUT2D eigenvalue weighted by Gasteiger charge is 2.18. The molecule has 7 saturated heterocycles. The number of aryl methyl sites for hydroxylation is 6. The molecule has 104 heavy (non-hydrogen) atoms. The van der Waals surface area contributed by atoms with Gasteiger partial charge >= 0.3 is 18.2 Å². The van der Waals surface area contributed by atoms with Gasteiger partial charge in [0.05, 0.1) is 32.7 Å². The summed E-state index contributed by atoms with van der Waals surface area (Å²) >= 11 is 12.8. The molecule has 41 heteroatoms. The maximum absolute atomic E-state index is 10.5. The number of thioether (sulfide) groups is 2. The molecule has 570 valence electrons. The van der Waals surface area contributed by atoms with Crippen LogP contribution in [0.1, 0.15) is 12.8 Å². The number of hydrogen-bond donors (Lipinski definition) is 2. The molecule has 7 amide bonds. The van der Waals surface area contributed by atoms with Crippen LogP contribution in [0.4, 0.5) is 19.2 Å². The SMILES string of the molecule is CN1CCCC1=O.CN1CCNC1=O.CN1CCNC1=O.CN1CCOC1=O.CN1CCOC1=S.CN1CCSC1=O.CN1CCSC1=S.COc1ccccc1.COn1nnc2ccccc21.Cn1cccc1.Cn1ccnc1.Cn1ccnn1.Cn1cncn1.Cn1cnnc1.Cn1cnnn1. The molecule has 2 N–H and O–H groups in total. The van der Waals surface area contributed by atoms with Crippen LogP contribution in [-0.4, -0.2) is 314 Å². The van der Waals surface area contributed by atoms with Crippen LogP contribution < -0.4 is 20.2 Å². The van der Waals surface area contributed by atoms with E-state index in [9.17, 15) is 24.0 Å². The lowest BCUT2D eigenvalue weighted by atomic mass is 10.3. The lowest BCUT2D eigenvalue weighted by Crippen LogP contribution is -2.23. The van der Waals surface area contributed by atoms with E-state index in [4.69, 9.17) is 38.7 Å². The summed E-state index contributed by atoms with van der Waals surface area (Å²) < 4.78 is 25.9. The maximum atomic E-state index is 10.5. The molecule has 16 rings (SSSR count). The average molecular weight is 1520 g/mol. The molecule has 0 atom stereocenters. The van der Waals surface area contributed by atoms with Crippen LogP contribution in [0.15, 0.2) is 142 Å². The van der Waals surface area contributed by atoms with Crippen molar-refractivity contribution >= 4 is 97.8 Å². The minimum absolute atomic E-state index is 0.0417. The van der Waals surface area contributed by atoms with Crippen LogP contribution in [0.5, 0.6) is 5.75 Å². The number of urea groups is 2. The van der Waals surface area contributed by atoms with Crippen molar-refractivity contribution in [3.63, 3.8) is 0 Å². The third-order valence-electron chi connectivity index (χ3n) is 13.2. The van der Waals surface area contributed by atoms with E-state index in [1.54, 1.807) is 137 Å². The van der Waals surface area contributed by atoms with E-state index < -0.39 is 0 Å². The van der Waals surface area contributed by atoms with E-state index in [0.717, 1.165) is 105 Å². The number of thiocarbonyl (C=S) groups is 2. The van der Waals surface area contributed by atoms with Gasteiger partial charge in [-0.1, -0.05) is 76.1 Å². The molecule has 0 bridgehead atoms. The normalized spacial score (nSPS) is 14.5. The molecule has 0 saturated carbocycles. The summed E-state index contributed by atoms with van der Waals surface area (Å²) in [6, 6.07) is 21.4. The number of nitrogens with one attached hydrogen (secondary N) is 2. The molecule has 7 fully saturated rings. The summed E-state index contributed by atoms with van der Waals surface area (Å²) in [5.41, 5.74) is 1.73. The van der Waals surface area contributed by atoms with E-state index in [2.05, 4.69) is 81.7 Å². The third kappa shape index (κ3) is 42.0. The fraction of sp³-hybridized carbons (Fsp3) is 0.476. The number of carbonyl (C=O) groups excluding carboxylic acids is 5. The second-order valence-electron chi connectivity index (χ2n) is 21.9. The number of fused-ring (bicyclic) bond motifs is 1. The van der Waals surface area contributed by atoms with Gasteiger partial charge in [0.1, 0.15) is 73.1 Å². The number of amides is 7. The molecule has 7 aliphatic rings. The van der Waals surface area contributed by atoms with Crippen molar-refractivity contribution in [3.8, 4) is 5.75 Å². The first-order valence-electron chi connectivity index (χ1n) is 32.1. The summed E-state index contributed by atoms with van der Waals surface area (Å²) in [4.78, 5) is 78.1. The fourth-order valence-electron chi connectivity index (χ4n) is 7.08. The van der Waals surface area contributed by atoms with E-state index in [1.807, 2.05) is 163 Å². The van der Waals surface area contributed by atoms with E-state index in [1.165, 1.54) is 39.7 Å². The Morgan fingerprint density at radius 1 is 0.500 bits per heavy atom. The molecule has 2 aromatic carbocycles. The van der Waals surface area contributed by atoms with Crippen LogP contribution in [-0.2, 0) is 56.6 Å². The predicted molar refractivity (Wildman–Crippen MR) is 406 cm³/mol. The van der Waals surface area contributed by atoms with Crippen LogP contribution in [0.2, 0.25) is 0 Å². The van der Waals surface area contributed by atoms with E-state index in [0.29, 0.717) is 17.7 Å². The van der Waals surface area contributed by atoms with Crippen molar-refractivity contribution in [1.82, 2.24) is 139 Å². The number of nitrogens with zero attached hydrogens (tertiary/aromatic N) is 26. The van der Waals surface area contributed by atoms with Gasteiger partial charge in [-0.25, -0.2) is 29.0 Å². The van der Waals surface area contributed by atoms with Crippen LogP contribution in [0.25, 0.3) is 11.0 Å². The van der Waals surface area contributed by atoms with Gasteiger partial charge < -0.3 is 77.7 Å². The minimum atomic E-state index is -0.208. The molecule has 9 aromatic rings. The smallest absolute Gasteiger partial charge is 0.409 e. The number of likely N-dealkylation sites (tertiary alicyclic amines) is 1. The van der Waals surface area contributed by atoms with Crippen molar-refractivity contribution in [2.45, 2.75) is 12.8 Å². The summed E-state index contributed by atoms with van der Waals surface area (Å²) in [6.45, 7) is 9.29. The number of rotatable bonds is 2. The first-order chi connectivity index (χ1) is 49.8. The van der Waals surface area contributed by atoms with Crippen molar-refractivity contribution in [1.29, 1.82) is 0 Å². The van der Waals surface area contributed by atoms with Crippen molar-refractivity contribution in [3.05, 3.63) is 142 Å². The van der Waals surface area contributed by atoms with E-state index >= 15 is 0 Å². The fourth-order valence-corrected chi connectivity index (χ4v) is 9.30. The Morgan fingerprint density at radius 3 is 1.36 bits per heavy atom. The Labute approximate surface area is 626 Å². The molecule has 0 unspecified atom stereocenters. The van der Waals surface area contributed by atoms with Gasteiger partial charge in [-0.2, -0.15) is 5.10 Å². The number of hydrogen-bond acceptors (Lipinski definition) is 25. The number of tetrazole rings is 1. The predicted octanol–water partition coefficient (Wildman–Crippen LogP) is 3.84. The van der Waals surface area contributed by atoms with Crippen molar-refractivity contribution in [2.75, 3.05) is 147 Å². The van der Waals surface area contributed by atoms with Crippen molar-refractivity contribution < 1.29 is 43.0 Å². The maximum Gasteiger partial charge on any atom is 0.409 e. The number of ether oxygens (including phenoxy) is 3. The van der Waals surface area contributed by atoms with Gasteiger partial charge in [0.25, 0.3) is 10.4 Å². The highest BCUT2D eigenvalue weighted by atomic mass is 32.2. The average Bonchev–Trinajstić information content (AvgIpc) is 1.63. The lowest BCUT2D eigenvalue weighted by Gasteiger charge is -2.05. The highest BCUT2D eigenvalue weighted by molar-refractivity contribution is 8.23. The summed E-state index contributed by atoms with van der Waals surface area (Å²) in [7, 11) is 27.3. The zero-order valence-corrected chi connectivity index (χ0v) is 65.1. The highest BCUT2D eigenvalue weighted by Crippen LogP contribution is 2.15. The summed E-state index contributed by atoms with van der Waals surface area (Å²) in [5.74, 6) is 3.34. The first kappa shape index (κ1) is 89.5. The Hall–Kier alpha value is -10.5. The molecule has 0 spiro atoms. The number of likely N-dealkylation sites (N-methyl/N-ethyl adjacent to an activating group) is 4. The summed E-state index contributed by atoms with van der Waals surface area (Å²) in [6.07, 6.45) is 22.4. The molecular weight excluding hydrogens is 1420 g/mol. The second kappa shape index (κ2) is 54.2. The monoisotopic (exact) mass is 1520 g/mol. The van der Waals surface area contributed by atoms with Crippen LogP contribution >= 0.6 is 48.0 Å². The largest absolute Gasteiger partial charge is 0.497 e. The number of para-hydroxylation sites is 2. The number of methoxy groups -OCH3 is 1. The topological polar surface area (TPSA) is 358 Å². The third-order valence-corrected chi connectivity index (χ3v) is 16.2. The molecule has 14 heterocycles. The van der Waals surface area contributed by atoms with Gasteiger partial charge in [0.15, 0.2) is 0 Å². The molecule has 37 nitrogen and oxygen atoms in total. The van der Waals surface area contributed by atoms with Crippen LogP contribution in [0.3, 0.4) is 0 Å². The number of cyclic esters (lactones) is 1. The van der Waals surface area contributed by atoms with Crippen molar-refractivity contribution in [2.24, 2.45) is 42.3 Å². The zero-order valence-electron chi connectivity index (χ0n) is 61.8. The Balaban J connectivity index is 0.000000380. The molecule has 0 radical (unpaired) electrons. The number of carbonyl (C=O) groups is 5. The van der Waals surface area contributed by atoms with Gasteiger partial charge in [-0.15, -0.1) is 25.5 Å². The molecule has 0 aliphatic carbocycles. The molecular formula is C63H100N28O9S4. The molecule has 7 aromatic heterocycles. The standard InChI is InChI=1S/C7H7N3O.C7H8O.C5H9NO.C5H7N.2C4H8N2O.C4H6N2.C4H7NO2.2C4H7NOS.C4H7NS2.3C3H5N3.C2H4N4/c1-11-10-7-5-3-2-4-6(7)8-9-10;1-8-7-5-3-2-4-6-7;1-6-4-2-3-5(6)7;1-6-4-2-3-5-6;2*1-6-3-2-5-4(6)7;1-6-3-2-5-4-6;2*1-5-2-3-7-4(5)6;1-5-2-3-6-4(5)7;1-5-2-3-7-4(5)6;1-6-2-4-5-3-6;1-6-3-4-2-5-6;1-6-3-2-4-5-6;1-6-2-3-4-5-6/h2-5H,1H3;2-6H,1H3;2-4H2,1H3;2-5H,1H3;2*2-3H2,1H3,(H,5,7);2-4H,1H3;4*2-3H2,1H3;3*2-3H,1H3;2H,1H3. The second-order valence-corrected chi connectivity index (χ2v) is 25.0. The number of benzene rings is 2. The summed E-state index contributed by atoms with van der Waals surface area (Å²) in [5, 5.41) is 41.9. The minimum Gasteiger partial charge on any atom is -0.497 e. The first-order valence-corrected chi connectivity index (χ1v) is 34.8.